The molecule has 190 valence electrons. The minimum Gasteiger partial charge on any atom is -0.333 e. The third-order valence-corrected chi connectivity index (χ3v) is 7.03. The summed E-state index contributed by atoms with van der Waals surface area (Å²) < 4.78 is 1.80. The van der Waals surface area contributed by atoms with Crippen molar-refractivity contribution in [2.45, 2.75) is 33.7 Å². The van der Waals surface area contributed by atoms with Crippen LogP contribution >= 0.6 is 0 Å². The number of amides is 1. The molecule has 38 heavy (non-hydrogen) atoms. The average Bonchev–Trinajstić information content (AvgIpc) is 3.39. The first kappa shape index (κ1) is 25.2. The van der Waals surface area contributed by atoms with Crippen molar-refractivity contribution in [2.75, 3.05) is 6.54 Å². The summed E-state index contributed by atoms with van der Waals surface area (Å²) >= 11 is 0. The van der Waals surface area contributed by atoms with Gasteiger partial charge in [-0.2, -0.15) is 5.10 Å². The Kier molecular flexibility index (Phi) is 7.50. The lowest BCUT2D eigenvalue weighted by atomic mass is 10.0. The zero-order valence-electron chi connectivity index (χ0n) is 22.3. The minimum absolute atomic E-state index is 0.0343. The molecule has 0 aliphatic rings. The molecule has 0 saturated heterocycles. The van der Waals surface area contributed by atoms with E-state index in [2.05, 4.69) is 75.4 Å². The molecule has 4 aromatic carbocycles. The van der Waals surface area contributed by atoms with Gasteiger partial charge in [-0.15, -0.1) is 0 Å². The SMILES string of the molecule is Cc1ccc(-n2nc(-c3ccc(C)c(C)c3)cc2C(=O)N(CCc2ccccc2)Cc2ccccc2)cc1. The van der Waals surface area contributed by atoms with Crippen molar-refractivity contribution in [1.82, 2.24) is 14.7 Å². The molecule has 0 aliphatic heterocycles. The molecule has 0 unspecified atom stereocenters. The Labute approximate surface area is 225 Å². The third-order valence-electron chi connectivity index (χ3n) is 7.03. The number of hydrogen-bond donors (Lipinski definition) is 0. The number of hydrogen-bond acceptors (Lipinski definition) is 2. The Morgan fingerprint density at radius 2 is 1.39 bits per heavy atom. The number of aryl methyl sites for hydroxylation is 3. The molecule has 1 aromatic heterocycles. The number of rotatable bonds is 8. The topological polar surface area (TPSA) is 38.1 Å². The van der Waals surface area contributed by atoms with Gasteiger partial charge in [0, 0.05) is 18.7 Å². The van der Waals surface area contributed by atoms with Gasteiger partial charge in [-0.25, -0.2) is 4.68 Å². The Bertz CT molecular complexity index is 1520. The van der Waals surface area contributed by atoms with Crippen molar-refractivity contribution in [3.8, 4) is 16.9 Å². The Morgan fingerprint density at radius 3 is 2.05 bits per heavy atom. The van der Waals surface area contributed by atoms with Crippen LogP contribution in [0.2, 0.25) is 0 Å². The molecule has 5 rings (SSSR count). The molecule has 0 bridgehead atoms. The molecule has 1 amide bonds. The second-order valence-corrected chi connectivity index (χ2v) is 9.91. The first-order chi connectivity index (χ1) is 18.5. The van der Waals surface area contributed by atoms with Crippen LogP contribution in [0.25, 0.3) is 16.9 Å². The fourth-order valence-electron chi connectivity index (χ4n) is 4.58. The van der Waals surface area contributed by atoms with Crippen LogP contribution in [0.3, 0.4) is 0 Å². The van der Waals surface area contributed by atoms with Gasteiger partial charge in [0.15, 0.2) is 0 Å². The highest BCUT2D eigenvalue weighted by Gasteiger charge is 2.23. The van der Waals surface area contributed by atoms with Crippen molar-refractivity contribution in [2.24, 2.45) is 0 Å². The van der Waals surface area contributed by atoms with Gasteiger partial charge in [-0.3, -0.25) is 4.79 Å². The maximum atomic E-state index is 14.3. The van der Waals surface area contributed by atoms with Crippen molar-refractivity contribution in [3.63, 3.8) is 0 Å². The second kappa shape index (κ2) is 11.3. The zero-order valence-corrected chi connectivity index (χ0v) is 22.3. The van der Waals surface area contributed by atoms with Gasteiger partial charge < -0.3 is 4.90 Å². The van der Waals surface area contributed by atoms with E-state index in [0.717, 1.165) is 34.5 Å². The summed E-state index contributed by atoms with van der Waals surface area (Å²) in [5.41, 5.74) is 9.14. The van der Waals surface area contributed by atoms with E-state index < -0.39 is 0 Å². The van der Waals surface area contributed by atoms with Crippen molar-refractivity contribution in [3.05, 3.63) is 143 Å². The summed E-state index contributed by atoms with van der Waals surface area (Å²) in [4.78, 5) is 16.2. The fraction of sp³-hybridized carbons (Fsp3) is 0.176. The molecule has 1 heterocycles. The van der Waals surface area contributed by atoms with Gasteiger partial charge in [0.2, 0.25) is 0 Å². The van der Waals surface area contributed by atoms with Crippen LogP contribution in [0.5, 0.6) is 0 Å². The fourth-order valence-corrected chi connectivity index (χ4v) is 4.58. The first-order valence-electron chi connectivity index (χ1n) is 13.1. The summed E-state index contributed by atoms with van der Waals surface area (Å²) in [6, 6.07) is 36.9. The number of carbonyl (C=O) groups is 1. The van der Waals surface area contributed by atoms with Crippen molar-refractivity contribution < 1.29 is 4.79 Å². The van der Waals surface area contributed by atoms with E-state index in [1.807, 2.05) is 59.5 Å². The number of nitrogens with zero attached hydrogens (tertiary/aromatic N) is 3. The van der Waals surface area contributed by atoms with E-state index in [4.69, 9.17) is 5.10 Å². The maximum absolute atomic E-state index is 14.3. The standard InChI is InChI=1S/C34H33N3O/c1-25-14-18-31(19-15-25)37-33(23-32(35-37)30-17-16-26(2)27(3)22-30)34(38)36(24-29-12-8-5-9-13-29)21-20-28-10-6-4-7-11-28/h4-19,22-23H,20-21,24H2,1-3H3. The maximum Gasteiger partial charge on any atom is 0.272 e. The highest BCUT2D eigenvalue weighted by atomic mass is 16.2. The molecular formula is C34H33N3O. The van der Waals surface area contributed by atoms with E-state index in [1.165, 1.54) is 16.7 Å². The smallest absolute Gasteiger partial charge is 0.272 e. The lowest BCUT2D eigenvalue weighted by molar-refractivity contribution is 0.0736. The van der Waals surface area contributed by atoms with Gasteiger partial charge >= 0.3 is 0 Å². The van der Waals surface area contributed by atoms with E-state index in [1.54, 1.807) is 4.68 Å². The first-order valence-corrected chi connectivity index (χ1v) is 13.1. The predicted octanol–water partition coefficient (Wildman–Crippen LogP) is 7.35. The van der Waals surface area contributed by atoms with Crippen LogP contribution in [-0.4, -0.2) is 27.1 Å². The molecular weight excluding hydrogens is 466 g/mol. The average molecular weight is 500 g/mol. The summed E-state index contributed by atoms with van der Waals surface area (Å²) in [7, 11) is 0. The van der Waals surface area contributed by atoms with E-state index >= 15 is 0 Å². The van der Waals surface area contributed by atoms with Crippen LogP contribution < -0.4 is 0 Å². The Hall–Kier alpha value is -4.44. The van der Waals surface area contributed by atoms with Crippen LogP contribution in [0, 0.1) is 20.8 Å². The molecule has 0 radical (unpaired) electrons. The third kappa shape index (κ3) is 5.76. The normalized spacial score (nSPS) is 10.9. The summed E-state index contributed by atoms with van der Waals surface area (Å²) in [5.74, 6) is -0.0343. The quantitative estimate of drug-likeness (QED) is 0.224. The van der Waals surface area contributed by atoms with E-state index in [-0.39, 0.29) is 5.91 Å². The Balaban J connectivity index is 1.55. The lowest BCUT2D eigenvalue weighted by Crippen LogP contribution is -2.34. The Morgan fingerprint density at radius 1 is 0.737 bits per heavy atom. The lowest BCUT2D eigenvalue weighted by Gasteiger charge is -2.23. The van der Waals surface area contributed by atoms with E-state index in [9.17, 15) is 4.79 Å². The largest absolute Gasteiger partial charge is 0.333 e. The second-order valence-electron chi connectivity index (χ2n) is 9.91. The molecule has 0 aliphatic carbocycles. The summed E-state index contributed by atoms with van der Waals surface area (Å²) in [6.07, 6.45) is 0.780. The van der Waals surface area contributed by atoms with Crippen LogP contribution in [-0.2, 0) is 13.0 Å². The van der Waals surface area contributed by atoms with Gasteiger partial charge in [0.1, 0.15) is 5.69 Å². The van der Waals surface area contributed by atoms with Gasteiger partial charge in [0.05, 0.1) is 11.4 Å². The van der Waals surface area contributed by atoms with Gasteiger partial charge in [0.25, 0.3) is 5.91 Å². The van der Waals surface area contributed by atoms with Crippen molar-refractivity contribution >= 4 is 5.91 Å². The summed E-state index contributed by atoms with van der Waals surface area (Å²) in [5, 5.41) is 4.95. The number of benzene rings is 4. The number of carbonyl (C=O) groups excluding carboxylic acids is 1. The molecule has 0 N–H and O–H groups in total. The van der Waals surface area contributed by atoms with Crippen molar-refractivity contribution in [1.29, 1.82) is 0 Å². The molecule has 0 fully saturated rings. The molecule has 4 heteroatoms. The van der Waals surface area contributed by atoms with E-state index in [0.29, 0.717) is 18.8 Å². The molecule has 0 saturated carbocycles. The van der Waals surface area contributed by atoms with Gasteiger partial charge in [-0.1, -0.05) is 90.5 Å². The summed E-state index contributed by atoms with van der Waals surface area (Å²) in [6.45, 7) is 7.41. The minimum atomic E-state index is -0.0343. The van der Waals surface area contributed by atoms with Crippen LogP contribution in [0.15, 0.2) is 109 Å². The highest BCUT2D eigenvalue weighted by molar-refractivity contribution is 5.94. The monoisotopic (exact) mass is 499 g/mol. The number of aromatic nitrogens is 2. The molecule has 0 atom stereocenters. The molecule has 5 aromatic rings. The van der Waals surface area contributed by atoms with Crippen LogP contribution in [0.4, 0.5) is 0 Å². The predicted molar refractivity (Wildman–Crippen MR) is 155 cm³/mol. The molecule has 0 spiro atoms. The molecule has 4 nitrogen and oxygen atoms in total. The highest BCUT2D eigenvalue weighted by Crippen LogP contribution is 2.25. The van der Waals surface area contributed by atoms with Crippen LogP contribution in [0.1, 0.15) is 38.3 Å². The zero-order chi connectivity index (χ0) is 26.5. The van der Waals surface area contributed by atoms with Gasteiger partial charge in [-0.05, 0) is 73.7 Å².